The number of halogens is 2. The fourth-order valence-electron chi connectivity index (χ4n) is 6.23. The van der Waals surface area contributed by atoms with Gasteiger partial charge in [0.2, 0.25) is 0 Å². The van der Waals surface area contributed by atoms with Gasteiger partial charge in [0.25, 0.3) is 23.5 Å². The molecule has 3 atom stereocenters. The maximum Gasteiger partial charge on any atom is 0.276 e. The number of hydrogen-bond donors (Lipinski definition) is 1. The lowest BCUT2D eigenvalue weighted by atomic mass is 9.87. The maximum absolute atomic E-state index is 13.6. The van der Waals surface area contributed by atoms with Crippen LogP contribution < -0.4 is 5.32 Å². The van der Waals surface area contributed by atoms with Crippen molar-refractivity contribution in [3.05, 3.63) is 35.2 Å². The third kappa shape index (κ3) is 5.35. The number of hydrogen-bond acceptors (Lipinski definition) is 10. The van der Waals surface area contributed by atoms with Crippen LogP contribution >= 0.6 is 0 Å². The Balaban J connectivity index is 1.16. The molecule has 2 aliphatic carbocycles. The molecule has 0 radical (unpaired) electrons. The summed E-state index contributed by atoms with van der Waals surface area (Å²) < 4.78 is 44.4. The Morgan fingerprint density at radius 1 is 1.12 bits per heavy atom. The van der Waals surface area contributed by atoms with Crippen molar-refractivity contribution in [2.45, 2.75) is 69.6 Å². The molecule has 4 aliphatic rings. The summed E-state index contributed by atoms with van der Waals surface area (Å²) >= 11 is 0. The summed E-state index contributed by atoms with van der Waals surface area (Å²) in [6.07, 6.45) is 6.40. The van der Waals surface area contributed by atoms with Gasteiger partial charge < -0.3 is 19.7 Å². The highest BCUT2D eigenvalue weighted by molar-refractivity contribution is 5.93. The molecule has 2 saturated carbocycles. The number of carbonyl (C=O) groups excluding carboxylic acids is 2. The quantitative estimate of drug-likeness (QED) is 0.417. The fraction of sp³-hybridized carbons (Fsp3) is 0.667. The van der Waals surface area contributed by atoms with Crippen LogP contribution in [0.2, 0.25) is 0 Å². The SMILES string of the molecule is Cc1nonc1C(=O)N[C@H](c1cn2ncc([C@@H]3COCCN3C(=O)C3CCC(F)(F)CO3)nc2n1)C(C1CC1)C1CC1. The molecule has 3 aromatic heterocycles. The fourth-order valence-corrected chi connectivity index (χ4v) is 6.23. The van der Waals surface area contributed by atoms with Crippen molar-refractivity contribution < 1.29 is 32.5 Å². The molecule has 7 rings (SSSR count). The molecule has 13 nitrogen and oxygen atoms in total. The van der Waals surface area contributed by atoms with Gasteiger partial charge in [0.1, 0.15) is 18.4 Å². The van der Waals surface area contributed by atoms with Gasteiger partial charge >= 0.3 is 0 Å². The number of amides is 2. The number of aromatic nitrogens is 6. The summed E-state index contributed by atoms with van der Waals surface area (Å²) in [5.41, 5.74) is 1.66. The number of ether oxygens (including phenoxy) is 2. The van der Waals surface area contributed by atoms with E-state index in [4.69, 9.17) is 24.1 Å². The van der Waals surface area contributed by atoms with E-state index in [1.807, 2.05) is 0 Å². The van der Waals surface area contributed by atoms with E-state index in [1.54, 1.807) is 28.7 Å². The number of nitrogens with zero attached hydrogens (tertiary/aromatic N) is 7. The summed E-state index contributed by atoms with van der Waals surface area (Å²) in [6.45, 7) is 1.68. The zero-order valence-corrected chi connectivity index (χ0v) is 23.1. The molecule has 1 unspecified atom stereocenters. The second-order valence-corrected chi connectivity index (χ2v) is 11.8. The molecule has 0 aromatic carbocycles. The smallest absolute Gasteiger partial charge is 0.276 e. The van der Waals surface area contributed by atoms with Crippen LogP contribution in [-0.2, 0) is 14.3 Å². The van der Waals surface area contributed by atoms with E-state index in [-0.39, 0.29) is 49.0 Å². The Kier molecular flexibility index (Phi) is 6.88. The molecule has 0 bridgehead atoms. The lowest BCUT2D eigenvalue weighted by molar-refractivity contribution is -0.176. The average molecular weight is 587 g/mol. The van der Waals surface area contributed by atoms with E-state index < -0.39 is 31.1 Å². The predicted molar refractivity (Wildman–Crippen MR) is 138 cm³/mol. The summed E-state index contributed by atoms with van der Waals surface area (Å²) in [6, 6.07) is -0.947. The van der Waals surface area contributed by atoms with Crippen LogP contribution in [0.25, 0.3) is 5.78 Å². The normalized spacial score (nSPS) is 25.1. The van der Waals surface area contributed by atoms with Crippen LogP contribution in [0.4, 0.5) is 8.78 Å². The first-order valence-electron chi connectivity index (χ1n) is 14.5. The van der Waals surface area contributed by atoms with Crippen molar-refractivity contribution in [3.63, 3.8) is 0 Å². The van der Waals surface area contributed by atoms with Crippen LogP contribution in [-0.4, -0.2) is 85.0 Å². The highest BCUT2D eigenvalue weighted by atomic mass is 19.3. The summed E-state index contributed by atoms with van der Waals surface area (Å²) in [7, 11) is 0. The van der Waals surface area contributed by atoms with Crippen molar-refractivity contribution in [1.29, 1.82) is 0 Å². The minimum atomic E-state index is -2.92. The molecule has 1 N–H and O–H groups in total. The summed E-state index contributed by atoms with van der Waals surface area (Å²) in [4.78, 5) is 37.6. The van der Waals surface area contributed by atoms with Gasteiger partial charge in [-0.05, 0) is 61.9 Å². The first kappa shape index (κ1) is 27.3. The van der Waals surface area contributed by atoms with Crippen molar-refractivity contribution in [2.75, 3.05) is 26.4 Å². The minimum absolute atomic E-state index is 0.0512. The van der Waals surface area contributed by atoms with Gasteiger partial charge in [-0.15, -0.1) is 0 Å². The molecule has 4 fully saturated rings. The van der Waals surface area contributed by atoms with E-state index in [9.17, 15) is 18.4 Å². The van der Waals surface area contributed by atoms with Crippen LogP contribution in [0.3, 0.4) is 0 Å². The van der Waals surface area contributed by atoms with E-state index in [0.717, 1.165) is 25.7 Å². The number of rotatable bonds is 8. The Labute approximate surface area is 239 Å². The van der Waals surface area contributed by atoms with Crippen molar-refractivity contribution >= 4 is 17.6 Å². The summed E-state index contributed by atoms with van der Waals surface area (Å²) in [5, 5.41) is 15.2. The van der Waals surface area contributed by atoms with Crippen LogP contribution in [0.5, 0.6) is 0 Å². The average Bonchev–Trinajstić information content (AvgIpc) is 3.92. The lowest BCUT2D eigenvalue weighted by Gasteiger charge is -2.38. The second-order valence-electron chi connectivity index (χ2n) is 11.8. The lowest BCUT2D eigenvalue weighted by Crippen LogP contribution is -2.50. The van der Waals surface area contributed by atoms with Crippen LogP contribution in [0, 0.1) is 24.7 Å². The zero-order chi connectivity index (χ0) is 29.0. The zero-order valence-electron chi connectivity index (χ0n) is 23.1. The molecular formula is C27H32F2N8O5. The number of fused-ring (bicyclic) bond motifs is 1. The first-order valence-corrected chi connectivity index (χ1v) is 14.5. The van der Waals surface area contributed by atoms with Gasteiger partial charge in [-0.25, -0.2) is 27.9 Å². The molecule has 2 amide bonds. The maximum atomic E-state index is 13.6. The Morgan fingerprint density at radius 2 is 1.90 bits per heavy atom. The monoisotopic (exact) mass is 586 g/mol. The molecule has 15 heteroatoms. The molecule has 5 heterocycles. The van der Waals surface area contributed by atoms with E-state index in [0.29, 0.717) is 41.3 Å². The molecule has 2 saturated heterocycles. The third-order valence-electron chi connectivity index (χ3n) is 8.72. The van der Waals surface area contributed by atoms with Gasteiger partial charge in [-0.1, -0.05) is 5.16 Å². The highest BCUT2D eigenvalue weighted by Gasteiger charge is 2.47. The van der Waals surface area contributed by atoms with Crippen LogP contribution in [0.15, 0.2) is 17.0 Å². The van der Waals surface area contributed by atoms with E-state index in [2.05, 4.69) is 20.7 Å². The van der Waals surface area contributed by atoms with Gasteiger partial charge in [-0.3, -0.25) is 9.59 Å². The molecule has 0 spiro atoms. The van der Waals surface area contributed by atoms with E-state index in [1.165, 1.54) is 0 Å². The van der Waals surface area contributed by atoms with Crippen LogP contribution in [0.1, 0.15) is 78.2 Å². The van der Waals surface area contributed by atoms with Gasteiger partial charge in [0.15, 0.2) is 5.69 Å². The predicted octanol–water partition coefficient (Wildman–Crippen LogP) is 2.44. The number of nitrogens with one attached hydrogen (secondary N) is 1. The van der Waals surface area contributed by atoms with Crippen molar-refractivity contribution in [2.24, 2.45) is 17.8 Å². The summed E-state index contributed by atoms with van der Waals surface area (Å²) in [5.74, 6) is -2.11. The van der Waals surface area contributed by atoms with Gasteiger partial charge in [0, 0.05) is 13.0 Å². The van der Waals surface area contributed by atoms with Gasteiger partial charge in [0.05, 0.1) is 49.1 Å². The molecule has 3 aromatic rings. The largest absolute Gasteiger partial charge is 0.377 e. The number of carbonyl (C=O) groups is 2. The molecule has 2 aliphatic heterocycles. The Morgan fingerprint density at radius 3 is 2.57 bits per heavy atom. The standard InChI is InChI=1S/C27H32F2N8O5/c1-14-22(35-42-34-14)24(38)33-23(21(15-2-3-15)16-4-5-16)18-11-37-26(32-18)31-17(10-30-37)19-12-40-9-8-36(19)25(39)20-6-7-27(28,29)13-41-20/h10-11,15-16,19-21,23H,2-9,12-13H2,1H3,(H,33,38)/t19-,20?,23+/m0/s1. The molecule has 224 valence electrons. The highest BCUT2D eigenvalue weighted by Crippen LogP contribution is 2.54. The number of alkyl halides is 2. The number of aryl methyl sites for hydroxylation is 1. The number of morpholine rings is 1. The third-order valence-corrected chi connectivity index (χ3v) is 8.72. The Bertz CT molecular complexity index is 1470. The van der Waals surface area contributed by atoms with Gasteiger partial charge in [-0.2, -0.15) is 5.10 Å². The van der Waals surface area contributed by atoms with Crippen molar-refractivity contribution in [1.82, 2.24) is 40.1 Å². The minimum Gasteiger partial charge on any atom is -0.377 e. The topological polar surface area (TPSA) is 150 Å². The first-order chi connectivity index (χ1) is 20.3. The van der Waals surface area contributed by atoms with Crippen molar-refractivity contribution in [3.8, 4) is 0 Å². The van der Waals surface area contributed by atoms with E-state index >= 15 is 0 Å². The number of imidazole rings is 1. The molecule has 42 heavy (non-hydrogen) atoms. The molecular weight excluding hydrogens is 554 g/mol. The Hall–Kier alpha value is -3.59. The second kappa shape index (κ2) is 10.6.